The Labute approximate surface area is 99.5 Å². The lowest BCUT2D eigenvalue weighted by atomic mass is 10.1. The minimum Gasteiger partial charge on any atom is -0.313 e. The fourth-order valence-electron chi connectivity index (χ4n) is 1.60. The highest BCUT2D eigenvalue weighted by Crippen LogP contribution is 2.11. The maximum Gasteiger partial charge on any atom is 0.258 e. The van der Waals surface area contributed by atoms with E-state index in [4.69, 9.17) is 0 Å². The first-order chi connectivity index (χ1) is 7.22. The zero-order valence-corrected chi connectivity index (χ0v) is 10.0. The molecular formula is C11H14ClN3O. The van der Waals surface area contributed by atoms with Crippen LogP contribution in [0.15, 0.2) is 23.0 Å². The molecule has 1 heterocycles. The van der Waals surface area contributed by atoms with E-state index in [9.17, 15) is 4.79 Å². The molecule has 2 rings (SSSR count). The summed E-state index contributed by atoms with van der Waals surface area (Å²) in [5.41, 5.74) is 1.73. The molecule has 0 saturated heterocycles. The molecule has 2 aromatic rings. The molecule has 0 unspecified atom stereocenters. The van der Waals surface area contributed by atoms with Crippen molar-refractivity contribution in [2.24, 2.45) is 0 Å². The van der Waals surface area contributed by atoms with Crippen LogP contribution in [0.4, 0.5) is 0 Å². The van der Waals surface area contributed by atoms with Crippen molar-refractivity contribution >= 4 is 23.3 Å². The molecule has 0 atom stereocenters. The summed E-state index contributed by atoms with van der Waals surface area (Å²) in [6.45, 7) is 2.53. The van der Waals surface area contributed by atoms with Gasteiger partial charge in [-0.3, -0.25) is 4.79 Å². The lowest BCUT2D eigenvalue weighted by Crippen LogP contribution is -2.16. The van der Waals surface area contributed by atoms with Gasteiger partial charge in [0, 0.05) is 0 Å². The molecule has 0 amide bonds. The second kappa shape index (κ2) is 5.09. The predicted molar refractivity (Wildman–Crippen MR) is 67.1 cm³/mol. The van der Waals surface area contributed by atoms with Crippen molar-refractivity contribution in [1.29, 1.82) is 0 Å². The molecule has 0 spiro atoms. The number of hydrogen-bond donors (Lipinski definition) is 2. The predicted octanol–water partition coefficient (Wildman–Crippen LogP) is 1.37. The number of hydrogen-bond acceptors (Lipinski definition) is 3. The molecule has 4 nitrogen and oxygen atoms in total. The minimum atomic E-state index is -0.0750. The van der Waals surface area contributed by atoms with E-state index >= 15 is 0 Å². The highest BCUT2D eigenvalue weighted by Gasteiger charge is 2.04. The average molecular weight is 240 g/mol. The summed E-state index contributed by atoms with van der Waals surface area (Å²) in [5, 5.41) is 3.61. The number of fused-ring (bicyclic) bond motifs is 1. The van der Waals surface area contributed by atoms with Gasteiger partial charge < -0.3 is 10.3 Å². The third kappa shape index (κ3) is 2.23. The van der Waals surface area contributed by atoms with Crippen LogP contribution in [0.3, 0.4) is 0 Å². The topological polar surface area (TPSA) is 57.8 Å². The minimum absolute atomic E-state index is 0. The highest BCUT2D eigenvalue weighted by molar-refractivity contribution is 5.85. The van der Waals surface area contributed by atoms with Gasteiger partial charge >= 0.3 is 0 Å². The lowest BCUT2D eigenvalue weighted by molar-refractivity contribution is 0.759. The number of benzene rings is 1. The fraction of sp³-hybridized carbons (Fsp3) is 0.273. The summed E-state index contributed by atoms with van der Waals surface area (Å²) in [6, 6.07) is 5.61. The van der Waals surface area contributed by atoms with Crippen molar-refractivity contribution in [1.82, 2.24) is 15.3 Å². The Kier molecular flexibility index (Phi) is 4.04. The molecule has 86 valence electrons. The summed E-state index contributed by atoms with van der Waals surface area (Å²) in [6.07, 6.45) is 0. The molecule has 1 aromatic heterocycles. The van der Waals surface area contributed by atoms with Gasteiger partial charge in [0.1, 0.15) is 5.82 Å². The third-order valence-corrected chi connectivity index (χ3v) is 2.33. The van der Waals surface area contributed by atoms with E-state index in [1.54, 1.807) is 6.07 Å². The number of aromatic nitrogens is 2. The van der Waals surface area contributed by atoms with Crippen LogP contribution in [0.25, 0.3) is 10.9 Å². The smallest absolute Gasteiger partial charge is 0.258 e. The number of aryl methyl sites for hydroxylation is 1. The van der Waals surface area contributed by atoms with Crippen LogP contribution in [0.2, 0.25) is 0 Å². The molecule has 0 bridgehead atoms. The molecule has 0 aliphatic heterocycles. The van der Waals surface area contributed by atoms with E-state index < -0.39 is 0 Å². The van der Waals surface area contributed by atoms with Crippen molar-refractivity contribution in [3.8, 4) is 0 Å². The Bertz CT molecular complexity index is 550. The number of para-hydroxylation sites is 1. The summed E-state index contributed by atoms with van der Waals surface area (Å²) < 4.78 is 0. The fourth-order valence-corrected chi connectivity index (χ4v) is 1.60. The van der Waals surface area contributed by atoms with Crippen molar-refractivity contribution in [3.63, 3.8) is 0 Å². The molecule has 0 aliphatic rings. The van der Waals surface area contributed by atoms with E-state index in [2.05, 4.69) is 15.3 Å². The van der Waals surface area contributed by atoms with Gasteiger partial charge in [-0.25, -0.2) is 4.98 Å². The molecule has 2 N–H and O–H groups in total. The Morgan fingerprint density at radius 3 is 2.88 bits per heavy atom. The molecule has 0 fully saturated rings. The number of nitrogens with zero attached hydrogens (tertiary/aromatic N) is 1. The quantitative estimate of drug-likeness (QED) is 0.832. The van der Waals surface area contributed by atoms with Crippen molar-refractivity contribution in [2.45, 2.75) is 13.5 Å². The van der Waals surface area contributed by atoms with Crippen molar-refractivity contribution in [3.05, 3.63) is 39.9 Å². The molecular weight excluding hydrogens is 226 g/mol. The largest absolute Gasteiger partial charge is 0.313 e. The van der Waals surface area contributed by atoms with Crippen LogP contribution in [0.5, 0.6) is 0 Å². The van der Waals surface area contributed by atoms with E-state index in [1.165, 1.54) is 0 Å². The van der Waals surface area contributed by atoms with Gasteiger partial charge in [-0.1, -0.05) is 12.1 Å². The van der Waals surface area contributed by atoms with Crippen LogP contribution in [-0.2, 0) is 6.54 Å². The normalized spacial score (nSPS) is 10.1. The highest BCUT2D eigenvalue weighted by atomic mass is 35.5. The maximum absolute atomic E-state index is 11.7. The molecule has 1 aromatic carbocycles. The van der Waals surface area contributed by atoms with Gasteiger partial charge in [0.05, 0.1) is 17.4 Å². The SMILES string of the molecule is CNCc1nc2c(C)cccc2c(=O)[nH]1.Cl. The summed E-state index contributed by atoms with van der Waals surface area (Å²) in [5.74, 6) is 0.671. The Hall–Kier alpha value is -1.39. The van der Waals surface area contributed by atoms with E-state index in [1.807, 2.05) is 26.1 Å². The standard InChI is InChI=1S/C11H13N3O.ClH/c1-7-4-3-5-8-10(7)13-9(6-12-2)14-11(8)15;/h3-5,12H,6H2,1-2H3,(H,13,14,15);1H. The molecule has 0 saturated carbocycles. The molecule has 0 radical (unpaired) electrons. The third-order valence-electron chi connectivity index (χ3n) is 2.33. The number of H-pyrrole nitrogens is 1. The van der Waals surface area contributed by atoms with E-state index in [0.717, 1.165) is 11.1 Å². The van der Waals surface area contributed by atoms with E-state index in [0.29, 0.717) is 17.8 Å². The van der Waals surface area contributed by atoms with Gasteiger partial charge in [-0.05, 0) is 25.6 Å². The number of nitrogens with one attached hydrogen (secondary N) is 2. The number of halogens is 1. The molecule has 0 aliphatic carbocycles. The van der Waals surface area contributed by atoms with Crippen LogP contribution in [0.1, 0.15) is 11.4 Å². The monoisotopic (exact) mass is 239 g/mol. The number of rotatable bonds is 2. The van der Waals surface area contributed by atoms with Crippen LogP contribution < -0.4 is 10.9 Å². The zero-order valence-electron chi connectivity index (χ0n) is 9.20. The van der Waals surface area contributed by atoms with Crippen molar-refractivity contribution < 1.29 is 0 Å². The summed E-state index contributed by atoms with van der Waals surface area (Å²) >= 11 is 0. The lowest BCUT2D eigenvalue weighted by Gasteiger charge is -2.03. The molecule has 16 heavy (non-hydrogen) atoms. The number of aromatic amines is 1. The Balaban J connectivity index is 0.00000128. The van der Waals surface area contributed by atoms with Gasteiger partial charge in [0.25, 0.3) is 5.56 Å². The Morgan fingerprint density at radius 2 is 2.19 bits per heavy atom. The summed E-state index contributed by atoms with van der Waals surface area (Å²) in [4.78, 5) is 18.9. The van der Waals surface area contributed by atoms with Gasteiger partial charge in [-0.2, -0.15) is 0 Å². The second-order valence-corrected chi connectivity index (χ2v) is 3.51. The van der Waals surface area contributed by atoms with Gasteiger partial charge in [0.2, 0.25) is 0 Å². The molecule has 5 heteroatoms. The second-order valence-electron chi connectivity index (χ2n) is 3.51. The first kappa shape index (κ1) is 12.7. The zero-order chi connectivity index (χ0) is 10.8. The first-order valence-corrected chi connectivity index (χ1v) is 4.85. The van der Waals surface area contributed by atoms with Crippen LogP contribution >= 0.6 is 12.4 Å². The van der Waals surface area contributed by atoms with Crippen LogP contribution in [0, 0.1) is 6.92 Å². The summed E-state index contributed by atoms with van der Waals surface area (Å²) in [7, 11) is 1.82. The maximum atomic E-state index is 11.7. The Morgan fingerprint density at radius 1 is 1.44 bits per heavy atom. The average Bonchev–Trinajstić information content (AvgIpc) is 2.20. The first-order valence-electron chi connectivity index (χ1n) is 4.85. The van der Waals surface area contributed by atoms with Gasteiger partial charge in [-0.15, -0.1) is 12.4 Å². The van der Waals surface area contributed by atoms with Crippen LogP contribution in [-0.4, -0.2) is 17.0 Å². The van der Waals surface area contributed by atoms with E-state index in [-0.39, 0.29) is 18.0 Å². The van der Waals surface area contributed by atoms with Gasteiger partial charge in [0.15, 0.2) is 0 Å². The van der Waals surface area contributed by atoms with Crippen molar-refractivity contribution in [2.75, 3.05) is 7.05 Å².